The van der Waals surface area contributed by atoms with Gasteiger partial charge in [-0.2, -0.15) is 0 Å². The highest BCUT2D eigenvalue weighted by molar-refractivity contribution is 7.89. The van der Waals surface area contributed by atoms with Crippen molar-refractivity contribution in [2.24, 2.45) is 11.8 Å². The highest BCUT2D eigenvalue weighted by Crippen LogP contribution is 2.09. The van der Waals surface area contributed by atoms with E-state index in [1.807, 2.05) is 13.8 Å². The molecule has 0 saturated carbocycles. The molecule has 0 aromatic carbocycles. The first-order valence-corrected chi connectivity index (χ1v) is 7.30. The Balaban J connectivity index is 4.09. The molecule has 0 aliphatic rings. The van der Waals surface area contributed by atoms with E-state index in [4.69, 9.17) is 0 Å². The van der Waals surface area contributed by atoms with E-state index >= 15 is 0 Å². The predicted molar refractivity (Wildman–Crippen MR) is 65.3 cm³/mol. The van der Waals surface area contributed by atoms with Gasteiger partial charge in [0, 0.05) is 13.6 Å². The molecule has 0 aromatic heterocycles. The largest absolute Gasteiger partial charge is 0.213 e. The van der Waals surface area contributed by atoms with Crippen LogP contribution in [0.1, 0.15) is 40.5 Å². The van der Waals surface area contributed by atoms with Gasteiger partial charge in [-0.3, -0.25) is 0 Å². The van der Waals surface area contributed by atoms with Crippen molar-refractivity contribution >= 4 is 10.0 Å². The molecule has 0 heterocycles. The van der Waals surface area contributed by atoms with Crippen LogP contribution in [0.4, 0.5) is 0 Å². The smallest absolute Gasteiger partial charge is 0.212 e. The van der Waals surface area contributed by atoms with Gasteiger partial charge in [0.25, 0.3) is 0 Å². The van der Waals surface area contributed by atoms with Gasteiger partial charge in [-0.1, -0.05) is 27.7 Å². The summed E-state index contributed by atoms with van der Waals surface area (Å²) in [6.07, 6.45) is 1.67. The molecule has 0 bridgehead atoms. The van der Waals surface area contributed by atoms with Crippen LogP contribution in [0.25, 0.3) is 0 Å². The number of hydrogen-bond acceptors (Lipinski definition) is 2. The summed E-state index contributed by atoms with van der Waals surface area (Å²) in [4.78, 5) is 0. The number of sulfonamides is 1. The van der Waals surface area contributed by atoms with Crippen molar-refractivity contribution in [3.63, 3.8) is 0 Å². The average Bonchev–Trinajstić information content (AvgIpc) is 2.11. The maximum Gasteiger partial charge on any atom is 0.213 e. The lowest BCUT2D eigenvalue weighted by atomic mass is 10.1. The third-order valence-electron chi connectivity index (χ3n) is 2.45. The Labute approximate surface area is 94.9 Å². The number of nitrogens with zero attached hydrogens (tertiary/aromatic N) is 1. The first kappa shape index (κ1) is 14.9. The highest BCUT2D eigenvalue weighted by Gasteiger charge is 2.17. The molecule has 0 radical (unpaired) electrons. The molecule has 0 rings (SSSR count). The van der Waals surface area contributed by atoms with Gasteiger partial charge in [0.15, 0.2) is 0 Å². The Kier molecular flexibility index (Phi) is 6.44. The lowest BCUT2D eigenvalue weighted by molar-refractivity contribution is 0.425. The predicted octanol–water partition coefficient (Wildman–Crippen LogP) is 2.34. The normalized spacial score (nSPS) is 13.1. The van der Waals surface area contributed by atoms with Crippen LogP contribution in [-0.2, 0) is 10.0 Å². The van der Waals surface area contributed by atoms with Crippen molar-refractivity contribution in [2.75, 3.05) is 19.3 Å². The van der Waals surface area contributed by atoms with E-state index in [2.05, 4.69) is 13.8 Å². The molecule has 0 aromatic rings. The molecule has 0 aliphatic carbocycles. The van der Waals surface area contributed by atoms with Gasteiger partial charge in [0.05, 0.1) is 5.75 Å². The molecule has 0 spiro atoms. The molecule has 4 heteroatoms. The summed E-state index contributed by atoms with van der Waals surface area (Å²) in [5.41, 5.74) is 0. The summed E-state index contributed by atoms with van der Waals surface area (Å²) in [7, 11) is -1.34. The summed E-state index contributed by atoms with van der Waals surface area (Å²) < 4.78 is 25.0. The average molecular weight is 235 g/mol. The van der Waals surface area contributed by atoms with Gasteiger partial charge >= 0.3 is 0 Å². The molecule has 0 unspecified atom stereocenters. The zero-order valence-electron chi connectivity index (χ0n) is 10.7. The van der Waals surface area contributed by atoms with Gasteiger partial charge in [-0.15, -0.1) is 0 Å². The Bertz CT molecular complexity index is 258. The van der Waals surface area contributed by atoms with Crippen LogP contribution < -0.4 is 0 Å². The highest BCUT2D eigenvalue weighted by atomic mass is 32.2. The molecule has 0 saturated heterocycles. The van der Waals surface area contributed by atoms with Crippen molar-refractivity contribution in [1.82, 2.24) is 4.31 Å². The Morgan fingerprint density at radius 1 is 1.00 bits per heavy atom. The minimum Gasteiger partial charge on any atom is -0.212 e. The maximum absolute atomic E-state index is 11.8. The van der Waals surface area contributed by atoms with Crippen LogP contribution in [0.5, 0.6) is 0 Å². The lowest BCUT2D eigenvalue weighted by Gasteiger charge is -2.18. The second-order valence-corrected chi connectivity index (χ2v) is 7.20. The van der Waals surface area contributed by atoms with Gasteiger partial charge in [0.2, 0.25) is 10.0 Å². The van der Waals surface area contributed by atoms with Crippen molar-refractivity contribution in [1.29, 1.82) is 0 Å². The van der Waals surface area contributed by atoms with Crippen molar-refractivity contribution in [3.8, 4) is 0 Å². The van der Waals surface area contributed by atoms with E-state index in [1.165, 1.54) is 4.31 Å². The van der Waals surface area contributed by atoms with Crippen LogP contribution in [-0.4, -0.2) is 32.1 Å². The van der Waals surface area contributed by atoms with Gasteiger partial charge < -0.3 is 0 Å². The van der Waals surface area contributed by atoms with Gasteiger partial charge in [-0.25, -0.2) is 12.7 Å². The fourth-order valence-electron chi connectivity index (χ4n) is 1.12. The second-order valence-electron chi connectivity index (χ2n) is 5.00. The SMILES string of the molecule is CC(C)CCN(C)S(=O)(=O)CCC(C)C. The van der Waals surface area contributed by atoms with Crippen LogP contribution in [0, 0.1) is 11.8 Å². The Hall–Kier alpha value is -0.0900. The quantitative estimate of drug-likeness (QED) is 0.679. The monoisotopic (exact) mass is 235 g/mol. The Morgan fingerprint density at radius 3 is 1.87 bits per heavy atom. The van der Waals surface area contributed by atoms with Gasteiger partial charge in [0.1, 0.15) is 0 Å². The molecule has 0 fully saturated rings. The minimum atomic E-state index is -3.02. The number of hydrogen-bond donors (Lipinski definition) is 0. The molecule has 15 heavy (non-hydrogen) atoms. The molecule has 92 valence electrons. The molecular weight excluding hydrogens is 210 g/mol. The first-order valence-electron chi connectivity index (χ1n) is 5.69. The standard InChI is InChI=1S/C11H25NO2S/c1-10(2)6-8-12(5)15(13,14)9-7-11(3)4/h10-11H,6-9H2,1-5H3. The van der Waals surface area contributed by atoms with Crippen LogP contribution >= 0.6 is 0 Å². The maximum atomic E-state index is 11.8. The summed E-state index contributed by atoms with van der Waals surface area (Å²) in [5, 5.41) is 0. The van der Waals surface area contributed by atoms with E-state index in [0.29, 0.717) is 18.4 Å². The fraction of sp³-hybridized carbons (Fsp3) is 1.00. The summed E-state index contributed by atoms with van der Waals surface area (Å²) in [5.74, 6) is 1.27. The van der Waals surface area contributed by atoms with E-state index in [-0.39, 0.29) is 5.75 Å². The van der Waals surface area contributed by atoms with Gasteiger partial charge in [-0.05, 0) is 24.7 Å². The molecule has 3 nitrogen and oxygen atoms in total. The third-order valence-corrected chi connectivity index (χ3v) is 4.33. The zero-order chi connectivity index (χ0) is 12.1. The molecule has 0 aliphatic heterocycles. The molecule has 0 amide bonds. The lowest BCUT2D eigenvalue weighted by Crippen LogP contribution is -2.31. The van der Waals surface area contributed by atoms with E-state index in [9.17, 15) is 8.42 Å². The fourth-order valence-corrected chi connectivity index (χ4v) is 2.58. The van der Waals surface area contributed by atoms with E-state index in [1.54, 1.807) is 7.05 Å². The summed E-state index contributed by atoms with van der Waals surface area (Å²) in [6, 6.07) is 0. The summed E-state index contributed by atoms with van der Waals surface area (Å²) in [6.45, 7) is 8.94. The number of rotatable bonds is 7. The van der Waals surface area contributed by atoms with Crippen molar-refractivity contribution in [3.05, 3.63) is 0 Å². The second kappa shape index (κ2) is 6.48. The minimum absolute atomic E-state index is 0.277. The van der Waals surface area contributed by atoms with E-state index < -0.39 is 10.0 Å². The Morgan fingerprint density at radius 2 is 1.47 bits per heavy atom. The van der Waals surface area contributed by atoms with Crippen LogP contribution in [0.2, 0.25) is 0 Å². The molecule has 0 N–H and O–H groups in total. The third kappa shape index (κ3) is 6.90. The zero-order valence-corrected chi connectivity index (χ0v) is 11.5. The van der Waals surface area contributed by atoms with Crippen molar-refractivity contribution in [2.45, 2.75) is 40.5 Å². The summed E-state index contributed by atoms with van der Waals surface area (Å²) >= 11 is 0. The first-order chi connectivity index (χ1) is 6.75. The van der Waals surface area contributed by atoms with Crippen molar-refractivity contribution < 1.29 is 8.42 Å². The molecule has 0 atom stereocenters. The van der Waals surface area contributed by atoms with Crippen LogP contribution in [0.3, 0.4) is 0 Å². The molecular formula is C11H25NO2S. The topological polar surface area (TPSA) is 37.4 Å². The van der Waals surface area contributed by atoms with Crippen LogP contribution in [0.15, 0.2) is 0 Å². The van der Waals surface area contributed by atoms with E-state index in [0.717, 1.165) is 12.8 Å².